The van der Waals surface area contributed by atoms with Gasteiger partial charge in [-0.25, -0.2) is 28.4 Å². The van der Waals surface area contributed by atoms with E-state index < -0.39 is 0 Å². The number of aromatic nitrogens is 11. The number of furan rings is 1. The van der Waals surface area contributed by atoms with Crippen molar-refractivity contribution in [2.45, 2.75) is 12.8 Å². The van der Waals surface area contributed by atoms with E-state index in [4.69, 9.17) is 25.5 Å². The molecule has 15 aromatic rings. The van der Waals surface area contributed by atoms with Gasteiger partial charge in [-0.2, -0.15) is 36.8 Å². The largest absolute Gasteiger partial charge is 0.497 e. The number of morpholine rings is 1. The van der Waals surface area contributed by atoms with Crippen molar-refractivity contribution >= 4 is 119 Å². The van der Waals surface area contributed by atoms with E-state index in [9.17, 15) is 24.0 Å². The maximum absolute atomic E-state index is 12.6. The lowest BCUT2D eigenvalue weighted by molar-refractivity contribution is 0.0890. The zero-order valence-corrected chi connectivity index (χ0v) is 63.5. The van der Waals surface area contributed by atoms with E-state index in [1.165, 1.54) is 41.0 Å². The first-order chi connectivity index (χ1) is 55.9. The number of benzene rings is 7. The first-order valence-corrected chi connectivity index (χ1v) is 37.6. The number of methoxy groups -OCH3 is 1. The third kappa shape index (κ3) is 24.3. The van der Waals surface area contributed by atoms with Crippen LogP contribution in [-0.4, -0.2) is 117 Å². The maximum Gasteiger partial charge on any atom is 0.313 e. The Morgan fingerprint density at radius 2 is 0.781 bits per heavy atom. The fourth-order valence-corrected chi connectivity index (χ4v) is 11.7. The molecule has 0 atom stereocenters. The third-order valence-corrected chi connectivity index (χ3v) is 18.0. The third-order valence-electron chi connectivity index (χ3n) is 17.0. The molecule has 0 N–H and O–H groups in total. The number of anilines is 1. The van der Waals surface area contributed by atoms with Gasteiger partial charge < -0.3 is 18.8 Å². The highest BCUT2D eigenvalue weighted by atomic mass is 35.5. The van der Waals surface area contributed by atoms with Gasteiger partial charge in [0.1, 0.15) is 11.6 Å². The Labute approximate surface area is 668 Å². The second-order valence-corrected chi connectivity index (χ2v) is 26.4. The molecule has 114 heavy (non-hydrogen) atoms. The highest BCUT2D eigenvalue weighted by molar-refractivity contribution is 7.08. The molecule has 16 rings (SSSR count). The number of nitrogens with zero attached hydrogens (tertiary/aromatic N) is 12. The van der Waals surface area contributed by atoms with Gasteiger partial charge in [0.15, 0.2) is 5.76 Å². The fourth-order valence-electron chi connectivity index (χ4n) is 11.0. The van der Waals surface area contributed by atoms with E-state index >= 15 is 0 Å². The normalized spacial score (nSPS) is 11.8. The van der Waals surface area contributed by atoms with Crippen LogP contribution >= 0.6 is 22.9 Å². The molecule has 1 aliphatic heterocycles. The smallest absolute Gasteiger partial charge is 0.313 e. The summed E-state index contributed by atoms with van der Waals surface area (Å²) in [4.78, 5) is 67.8. The minimum absolute atomic E-state index is 0.0699. The number of pyridine rings is 1. The first-order valence-electron chi connectivity index (χ1n) is 36.3. The Morgan fingerprint density at radius 1 is 0.404 bits per heavy atom. The van der Waals surface area contributed by atoms with Gasteiger partial charge in [-0.15, -0.1) is 0 Å². The van der Waals surface area contributed by atoms with E-state index in [-0.39, 0.29) is 35.3 Å². The predicted molar refractivity (Wildman–Crippen MR) is 451 cm³/mol. The molecule has 22 heteroatoms. The molecule has 20 nitrogen and oxygen atoms in total. The predicted octanol–water partition coefficient (Wildman–Crippen LogP) is 18.6. The van der Waals surface area contributed by atoms with Crippen molar-refractivity contribution in [1.29, 1.82) is 0 Å². The Balaban J connectivity index is 0.000000132. The van der Waals surface area contributed by atoms with Crippen LogP contribution in [0.25, 0.3) is 60.8 Å². The van der Waals surface area contributed by atoms with Crippen molar-refractivity contribution in [3.8, 4) is 5.75 Å². The molecule has 9 heterocycles. The minimum Gasteiger partial charge on any atom is -0.497 e. The molecule has 8 aromatic heterocycles. The summed E-state index contributed by atoms with van der Waals surface area (Å²) in [5.41, 5.74) is 12.2. The number of ether oxygens (including phenoxy) is 2. The average Bonchev–Trinajstić information content (AvgIpc) is 1.65. The standard InChI is InChI=1S/C21H20N4O2.C20H18N2O2.C19H15ClN2O.C16H12N2O2.C16H12N2OS/c26-21(18-7-9-20(22-16-18)24-12-14-27-15-13-24)25-11-10-19(23-25)8-6-17-4-2-1-3-5-17;1-24-19-11-8-17(9-12-19)15-20(23)22-14-13-18(21-22)10-7-16-5-3-2-4-6-16;20-17-9-6-16(7-10-17)14-19(23)22-13-12-18(21-22)11-8-15-4-2-1-3-5-15;19-16(15-7-4-12-20-15)18-11-10-14(17-18)9-8-13-5-2-1-3-6-13;19-16(14-9-11-20-12-14)18-10-8-15(17-18)7-6-13-4-2-1-3-5-13/h1-11,16H,12-15H2;2-14H,15H2,1H3;1-13H,14H2;2*1-12H/b8-6+;10-7+;11-8+;9-8+;7-6+. The molecule has 0 saturated carbocycles. The van der Waals surface area contributed by atoms with Crippen molar-refractivity contribution < 1.29 is 37.9 Å². The number of halogens is 1. The van der Waals surface area contributed by atoms with Gasteiger partial charge in [0.25, 0.3) is 23.6 Å². The first kappa shape index (κ1) is 79.2. The number of hydrogen-bond acceptors (Lipinski definition) is 16. The molecule has 0 radical (unpaired) electrons. The highest BCUT2D eigenvalue weighted by Crippen LogP contribution is 2.19. The van der Waals surface area contributed by atoms with E-state index in [1.807, 2.05) is 290 Å². The molecule has 566 valence electrons. The summed E-state index contributed by atoms with van der Waals surface area (Å²) in [6.07, 6.45) is 31.3. The Kier molecular flexibility index (Phi) is 28.8. The molecule has 1 saturated heterocycles. The number of hydrogen-bond donors (Lipinski definition) is 0. The fraction of sp³-hybridized carbons (Fsp3) is 0.0761. The number of carbonyl (C=O) groups is 5. The summed E-state index contributed by atoms with van der Waals surface area (Å²) in [5, 5.41) is 25.8. The maximum atomic E-state index is 12.6. The molecule has 1 aliphatic rings. The van der Waals surface area contributed by atoms with Gasteiger partial charge in [0.2, 0.25) is 0 Å². The quantitative estimate of drug-likeness (QED) is 0.0734. The van der Waals surface area contributed by atoms with Crippen LogP contribution in [-0.2, 0) is 17.6 Å². The van der Waals surface area contributed by atoms with Crippen LogP contribution in [0, 0.1) is 0 Å². The molecule has 0 unspecified atom stereocenters. The lowest BCUT2D eigenvalue weighted by Gasteiger charge is -2.27. The molecular weight excluding hydrogens is 1470 g/mol. The van der Waals surface area contributed by atoms with Crippen molar-refractivity contribution in [2.75, 3.05) is 38.3 Å². The van der Waals surface area contributed by atoms with Crippen LogP contribution in [0.15, 0.2) is 319 Å². The van der Waals surface area contributed by atoms with E-state index in [0.29, 0.717) is 47.9 Å². The molecule has 0 spiro atoms. The van der Waals surface area contributed by atoms with Gasteiger partial charge in [0.05, 0.1) is 79.0 Å². The SMILES string of the molecule is COc1ccc(CC(=O)n2ccc(/C=C/c3ccccc3)n2)cc1.O=C(Cc1ccc(Cl)cc1)n1ccc(/C=C/c2ccccc2)n1.O=C(c1ccc(N2CCOCC2)nc1)n1ccc(/C=C/c2ccccc2)n1.O=C(c1ccco1)n1ccc(/C=C/c2ccccc2)n1.O=C(c1ccsc1)n1ccc(/C=C/c2ccccc2)n1. The molecule has 1 fully saturated rings. The minimum atomic E-state index is -0.283. The summed E-state index contributed by atoms with van der Waals surface area (Å²) in [5.74, 6) is 1.17. The second-order valence-electron chi connectivity index (χ2n) is 25.2. The summed E-state index contributed by atoms with van der Waals surface area (Å²) in [7, 11) is 1.62. The van der Waals surface area contributed by atoms with Gasteiger partial charge >= 0.3 is 5.91 Å². The second kappa shape index (κ2) is 41.4. The van der Waals surface area contributed by atoms with Crippen LogP contribution in [0.5, 0.6) is 5.75 Å². The zero-order chi connectivity index (χ0) is 78.9. The monoisotopic (exact) mass is 1540 g/mol. The summed E-state index contributed by atoms with van der Waals surface area (Å²) < 4.78 is 22.3. The van der Waals surface area contributed by atoms with Crippen LogP contribution < -0.4 is 9.64 Å². The van der Waals surface area contributed by atoms with E-state index in [0.717, 1.165) is 86.4 Å². The van der Waals surface area contributed by atoms with Crippen LogP contribution in [0.2, 0.25) is 5.02 Å². The van der Waals surface area contributed by atoms with Crippen LogP contribution in [0.4, 0.5) is 5.82 Å². The van der Waals surface area contributed by atoms with Crippen molar-refractivity contribution in [1.82, 2.24) is 53.9 Å². The summed E-state index contributed by atoms with van der Waals surface area (Å²) in [6, 6.07) is 82.3. The van der Waals surface area contributed by atoms with Gasteiger partial charge in [-0.05, 0) is 160 Å². The highest BCUT2D eigenvalue weighted by Gasteiger charge is 2.17. The summed E-state index contributed by atoms with van der Waals surface area (Å²) in [6.45, 7) is 3.04. The van der Waals surface area contributed by atoms with Gasteiger partial charge in [-0.1, -0.05) is 218 Å². The van der Waals surface area contributed by atoms with Gasteiger partial charge in [-0.3, -0.25) is 24.0 Å². The lowest BCUT2D eigenvalue weighted by atomic mass is 10.1. The van der Waals surface area contributed by atoms with Crippen molar-refractivity contribution in [3.05, 3.63) is 404 Å². The van der Waals surface area contributed by atoms with Crippen LogP contribution in [0.3, 0.4) is 0 Å². The average molecular weight is 1550 g/mol. The zero-order valence-electron chi connectivity index (χ0n) is 62.0. The number of thiophene rings is 1. The van der Waals surface area contributed by atoms with Gasteiger partial charge in [0, 0.05) is 60.7 Å². The Bertz CT molecular complexity index is 5540. The van der Waals surface area contributed by atoms with E-state index in [2.05, 4.69) is 35.4 Å². The molecular formula is C92H77ClN12O8S. The topological polar surface area (TPSA) is 222 Å². The van der Waals surface area contributed by atoms with Crippen molar-refractivity contribution in [2.24, 2.45) is 0 Å². The molecule has 0 aliphatic carbocycles. The molecule has 0 bridgehead atoms. The van der Waals surface area contributed by atoms with E-state index in [1.54, 1.807) is 86.8 Å². The summed E-state index contributed by atoms with van der Waals surface area (Å²) >= 11 is 7.34. The van der Waals surface area contributed by atoms with Crippen molar-refractivity contribution in [3.63, 3.8) is 0 Å². The lowest BCUT2D eigenvalue weighted by Crippen LogP contribution is -2.36. The molecule has 0 amide bonds. The van der Waals surface area contributed by atoms with Crippen LogP contribution in [0.1, 0.15) is 108 Å². The number of rotatable bonds is 19. The molecule has 7 aromatic carbocycles. The number of carbonyl (C=O) groups excluding carboxylic acids is 5. The Hall–Kier alpha value is -14.4. The Morgan fingerprint density at radius 3 is 1.14 bits per heavy atom.